The maximum atomic E-state index is 12.3. The molecule has 1 heterocycles. The van der Waals surface area contributed by atoms with Crippen molar-refractivity contribution >= 4 is 35.1 Å². The summed E-state index contributed by atoms with van der Waals surface area (Å²) >= 11 is 1.47. The quantitative estimate of drug-likeness (QED) is 0.305. The number of rotatable bonds is 8. The van der Waals surface area contributed by atoms with Gasteiger partial charge in [0.05, 0.1) is 0 Å². The number of ether oxygens (including phenoxy) is 1. The number of carbonyl (C=O) groups is 3. The molecule has 154 valence electrons. The van der Waals surface area contributed by atoms with Crippen molar-refractivity contribution in [2.75, 3.05) is 11.6 Å². The minimum Gasteiger partial charge on any atom is -0.453 e. The van der Waals surface area contributed by atoms with Crippen LogP contribution in [0.5, 0.6) is 0 Å². The maximum absolute atomic E-state index is 12.3. The number of hydrogen-bond donors (Lipinski definition) is 1. The molecule has 0 bridgehead atoms. The molecule has 2 rings (SSSR count). The van der Waals surface area contributed by atoms with Crippen molar-refractivity contribution in [1.82, 2.24) is 9.97 Å². The van der Waals surface area contributed by atoms with E-state index in [2.05, 4.69) is 15.3 Å². The third-order valence-electron chi connectivity index (χ3n) is 4.38. The van der Waals surface area contributed by atoms with Crippen molar-refractivity contribution in [2.24, 2.45) is 0 Å². The number of thioether (sulfide) groups is 1. The van der Waals surface area contributed by atoms with E-state index in [-0.39, 0.29) is 12.2 Å². The van der Waals surface area contributed by atoms with E-state index in [0.717, 1.165) is 17.0 Å². The molecule has 2 aromatic rings. The molecule has 1 aromatic heterocycles. The lowest BCUT2D eigenvalue weighted by Crippen LogP contribution is -2.30. The largest absolute Gasteiger partial charge is 0.453 e. The summed E-state index contributed by atoms with van der Waals surface area (Å²) < 4.78 is 5.25. The average Bonchev–Trinajstić information content (AvgIpc) is 2.67. The molecule has 8 heteroatoms. The van der Waals surface area contributed by atoms with Gasteiger partial charge < -0.3 is 10.1 Å². The number of ketones is 1. The van der Waals surface area contributed by atoms with Crippen LogP contribution in [-0.4, -0.2) is 40.0 Å². The van der Waals surface area contributed by atoms with Gasteiger partial charge in [-0.25, -0.2) is 9.97 Å². The summed E-state index contributed by atoms with van der Waals surface area (Å²) in [5.74, 6) is -1.03. The average molecular weight is 416 g/mol. The number of carbonyl (C=O) groups excluding carboxylic acids is 3. The molecule has 1 amide bonds. The van der Waals surface area contributed by atoms with Crippen LogP contribution in [0.2, 0.25) is 0 Å². The second-order valence-electron chi connectivity index (χ2n) is 6.62. The molecule has 0 spiro atoms. The molecule has 0 aliphatic rings. The number of amides is 1. The lowest BCUT2D eigenvalue weighted by molar-refractivity contribution is -0.153. The Morgan fingerprint density at radius 3 is 2.41 bits per heavy atom. The van der Waals surface area contributed by atoms with Crippen molar-refractivity contribution in [3.8, 4) is 0 Å². The van der Waals surface area contributed by atoms with Crippen LogP contribution in [0, 0.1) is 13.8 Å². The van der Waals surface area contributed by atoms with E-state index >= 15 is 0 Å². The smallest absolute Gasteiger partial charge is 0.306 e. The molecule has 0 saturated carbocycles. The van der Waals surface area contributed by atoms with Crippen LogP contribution in [0.15, 0.2) is 29.4 Å². The number of nitrogens with one attached hydrogen (secondary N) is 1. The van der Waals surface area contributed by atoms with Gasteiger partial charge in [0.25, 0.3) is 5.91 Å². The van der Waals surface area contributed by atoms with Crippen molar-refractivity contribution in [3.05, 3.63) is 46.8 Å². The van der Waals surface area contributed by atoms with E-state index in [0.29, 0.717) is 22.8 Å². The standard InChI is InChI=1S/C21H25N3O4S/c1-12-18(13(2)23-21(22-12)29-5)9-10-19(26)28-15(4)20(27)24-17-8-6-7-16(11-17)14(3)25/h6-8,11,15H,9-10H2,1-5H3,(H,24,27)/t15-/m0/s1. The zero-order chi connectivity index (χ0) is 21.6. The monoisotopic (exact) mass is 415 g/mol. The Hall–Kier alpha value is -2.74. The van der Waals surface area contributed by atoms with Gasteiger partial charge in [-0.3, -0.25) is 14.4 Å². The van der Waals surface area contributed by atoms with Crippen molar-refractivity contribution in [2.45, 2.75) is 51.8 Å². The summed E-state index contributed by atoms with van der Waals surface area (Å²) in [5, 5.41) is 3.36. The van der Waals surface area contributed by atoms with E-state index in [1.807, 2.05) is 20.1 Å². The van der Waals surface area contributed by atoms with Crippen LogP contribution in [0.1, 0.15) is 47.6 Å². The van der Waals surface area contributed by atoms with E-state index in [1.165, 1.54) is 25.6 Å². The molecule has 1 atom stereocenters. The predicted molar refractivity (Wildman–Crippen MR) is 112 cm³/mol. The number of aryl methyl sites for hydroxylation is 2. The first-order chi connectivity index (χ1) is 13.7. The Morgan fingerprint density at radius 2 is 1.83 bits per heavy atom. The molecule has 7 nitrogen and oxygen atoms in total. The van der Waals surface area contributed by atoms with Gasteiger partial charge in [-0.05, 0) is 58.1 Å². The predicted octanol–water partition coefficient (Wildman–Crippen LogP) is 3.52. The second kappa shape index (κ2) is 10.2. The highest BCUT2D eigenvalue weighted by Crippen LogP contribution is 2.17. The first-order valence-corrected chi connectivity index (χ1v) is 10.4. The summed E-state index contributed by atoms with van der Waals surface area (Å²) in [7, 11) is 0. The van der Waals surface area contributed by atoms with Gasteiger partial charge in [-0.15, -0.1) is 0 Å². The van der Waals surface area contributed by atoms with E-state index in [9.17, 15) is 14.4 Å². The van der Waals surface area contributed by atoms with Crippen LogP contribution >= 0.6 is 11.8 Å². The molecule has 29 heavy (non-hydrogen) atoms. The van der Waals surface area contributed by atoms with Crippen LogP contribution in [0.4, 0.5) is 5.69 Å². The van der Waals surface area contributed by atoms with Crippen LogP contribution in [-0.2, 0) is 20.7 Å². The van der Waals surface area contributed by atoms with Crippen molar-refractivity contribution in [1.29, 1.82) is 0 Å². The Balaban J connectivity index is 1.91. The first-order valence-electron chi connectivity index (χ1n) is 9.20. The summed E-state index contributed by atoms with van der Waals surface area (Å²) in [6.07, 6.45) is 1.52. The number of esters is 1. The lowest BCUT2D eigenvalue weighted by atomic mass is 10.1. The number of Topliss-reactive ketones (excluding diaryl/α,β-unsaturated/α-hetero) is 1. The van der Waals surface area contributed by atoms with Gasteiger partial charge in [0.2, 0.25) is 0 Å². The van der Waals surface area contributed by atoms with Gasteiger partial charge in [-0.1, -0.05) is 23.9 Å². The Bertz CT molecular complexity index is 907. The highest BCUT2D eigenvalue weighted by atomic mass is 32.2. The summed E-state index contributed by atoms with van der Waals surface area (Å²) in [6, 6.07) is 6.60. The third-order valence-corrected chi connectivity index (χ3v) is 4.92. The fourth-order valence-electron chi connectivity index (χ4n) is 2.76. The highest BCUT2D eigenvalue weighted by molar-refractivity contribution is 7.98. The van der Waals surface area contributed by atoms with Gasteiger partial charge in [-0.2, -0.15) is 0 Å². The molecule has 1 N–H and O–H groups in total. The normalized spacial score (nSPS) is 11.6. The molecular weight excluding hydrogens is 390 g/mol. The number of nitrogens with zero attached hydrogens (tertiary/aromatic N) is 2. The molecule has 0 fully saturated rings. The molecule has 0 saturated heterocycles. The molecule has 0 aliphatic heterocycles. The number of hydrogen-bond acceptors (Lipinski definition) is 7. The van der Waals surface area contributed by atoms with Gasteiger partial charge in [0.15, 0.2) is 17.0 Å². The van der Waals surface area contributed by atoms with E-state index < -0.39 is 18.0 Å². The Morgan fingerprint density at radius 1 is 1.17 bits per heavy atom. The fourth-order valence-corrected chi connectivity index (χ4v) is 3.21. The SMILES string of the molecule is CSc1nc(C)c(CCC(=O)O[C@@H](C)C(=O)Nc2cccc(C(C)=O)c2)c(C)n1. The number of benzene rings is 1. The minimum absolute atomic E-state index is 0.0966. The second-order valence-corrected chi connectivity index (χ2v) is 7.39. The first kappa shape index (κ1) is 22.5. The fraction of sp³-hybridized carbons (Fsp3) is 0.381. The Kier molecular flexibility index (Phi) is 7.90. The van der Waals surface area contributed by atoms with Gasteiger partial charge in [0, 0.05) is 29.1 Å². The van der Waals surface area contributed by atoms with Gasteiger partial charge >= 0.3 is 5.97 Å². The van der Waals surface area contributed by atoms with Crippen LogP contribution in [0.25, 0.3) is 0 Å². The zero-order valence-electron chi connectivity index (χ0n) is 17.2. The topological polar surface area (TPSA) is 98.2 Å². The summed E-state index contributed by atoms with van der Waals surface area (Å²) in [6.45, 7) is 6.74. The molecule has 0 radical (unpaired) electrons. The van der Waals surface area contributed by atoms with E-state index in [4.69, 9.17) is 4.74 Å². The molecule has 0 unspecified atom stereocenters. The summed E-state index contributed by atoms with van der Waals surface area (Å²) in [5.41, 5.74) is 3.56. The lowest BCUT2D eigenvalue weighted by Gasteiger charge is -2.14. The summed E-state index contributed by atoms with van der Waals surface area (Å²) in [4.78, 5) is 44.7. The number of anilines is 1. The number of aromatic nitrogens is 2. The van der Waals surface area contributed by atoms with Gasteiger partial charge in [0.1, 0.15) is 0 Å². The highest BCUT2D eigenvalue weighted by Gasteiger charge is 2.19. The van der Waals surface area contributed by atoms with Crippen LogP contribution < -0.4 is 5.32 Å². The maximum Gasteiger partial charge on any atom is 0.306 e. The molecule has 0 aliphatic carbocycles. The van der Waals surface area contributed by atoms with Crippen molar-refractivity contribution < 1.29 is 19.1 Å². The zero-order valence-corrected chi connectivity index (χ0v) is 18.1. The minimum atomic E-state index is -0.958. The molecule has 1 aromatic carbocycles. The molecular formula is C21H25N3O4S. The van der Waals surface area contributed by atoms with E-state index in [1.54, 1.807) is 24.3 Å². The Labute approximate surface area is 174 Å². The van der Waals surface area contributed by atoms with Crippen molar-refractivity contribution in [3.63, 3.8) is 0 Å². The van der Waals surface area contributed by atoms with Crippen LogP contribution in [0.3, 0.4) is 0 Å². The third kappa shape index (κ3) is 6.39.